The predicted octanol–water partition coefficient (Wildman–Crippen LogP) is 5.03. The monoisotopic (exact) mass is 549 g/mol. The minimum Gasteiger partial charge on any atom is -0.391 e. The molecule has 0 heterocycles. The van der Waals surface area contributed by atoms with E-state index in [4.69, 9.17) is 17.3 Å². The van der Waals surface area contributed by atoms with Crippen molar-refractivity contribution in [3.8, 4) is 0 Å². The number of allylic oxidation sites excluding steroid dienone is 2. The highest BCUT2D eigenvalue weighted by atomic mass is 35.5. The molecule has 2 amide bonds. The Labute approximate surface area is 232 Å². The number of halogens is 2. The molecule has 0 spiro atoms. The zero-order chi connectivity index (χ0) is 28.5. The number of nitrogens with zero attached hydrogens (tertiary/aromatic N) is 1. The van der Waals surface area contributed by atoms with Crippen LogP contribution in [-0.4, -0.2) is 54.1 Å². The Hall–Kier alpha value is -2.22. The molecule has 0 fully saturated rings. The van der Waals surface area contributed by atoms with E-state index >= 15 is 0 Å². The Morgan fingerprint density at radius 2 is 1.87 bits per heavy atom. The molecule has 1 unspecified atom stereocenters. The molecule has 1 aromatic rings. The number of hydrogen-bond donors (Lipinski definition) is 3. The molecule has 2 rings (SSSR count). The van der Waals surface area contributed by atoms with E-state index in [9.17, 15) is 19.1 Å². The SMILES string of the molecule is CCCN(CCC)C(=O)C1=CC(C)=CC(C(N)=O)([C@H](Cc2cc(F)cc(Cl)c2)[C@@H](O)CNCCC(C)C)C1. The van der Waals surface area contributed by atoms with Crippen LogP contribution in [0.25, 0.3) is 0 Å². The average molecular weight is 550 g/mol. The lowest BCUT2D eigenvalue weighted by atomic mass is 9.63. The van der Waals surface area contributed by atoms with Crippen molar-refractivity contribution >= 4 is 23.4 Å². The Morgan fingerprint density at radius 1 is 1.21 bits per heavy atom. The molecule has 1 aromatic carbocycles. The highest BCUT2D eigenvalue weighted by molar-refractivity contribution is 6.30. The molecule has 1 aliphatic rings. The molecule has 212 valence electrons. The quantitative estimate of drug-likeness (QED) is 0.267. The topological polar surface area (TPSA) is 95.7 Å². The van der Waals surface area contributed by atoms with Gasteiger partial charge in [-0.05, 0) is 75.3 Å². The third-order valence-electron chi connectivity index (χ3n) is 7.13. The van der Waals surface area contributed by atoms with Crippen LogP contribution < -0.4 is 11.1 Å². The molecule has 0 aromatic heterocycles. The van der Waals surface area contributed by atoms with Gasteiger partial charge in [0.15, 0.2) is 0 Å². The lowest BCUT2D eigenvalue weighted by Crippen LogP contribution is -2.52. The van der Waals surface area contributed by atoms with E-state index in [2.05, 4.69) is 19.2 Å². The second-order valence-electron chi connectivity index (χ2n) is 11.0. The van der Waals surface area contributed by atoms with E-state index in [1.54, 1.807) is 17.0 Å². The molecule has 38 heavy (non-hydrogen) atoms. The third kappa shape index (κ3) is 8.65. The van der Waals surface area contributed by atoms with Crippen molar-refractivity contribution in [3.05, 3.63) is 57.9 Å². The Bertz CT molecular complexity index is 1000. The van der Waals surface area contributed by atoms with Crippen molar-refractivity contribution < 1.29 is 19.1 Å². The van der Waals surface area contributed by atoms with Crippen LogP contribution in [0.15, 0.2) is 41.5 Å². The van der Waals surface area contributed by atoms with Crippen molar-refractivity contribution in [2.45, 2.75) is 72.8 Å². The summed E-state index contributed by atoms with van der Waals surface area (Å²) in [6, 6.07) is 4.21. The van der Waals surface area contributed by atoms with Gasteiger partial charge < -0.3 is 21.1 Å². The van der Waals surface area contributed by atoms with Crippen LogP contribution in [0.1, 0.15) is 65.9 Å². The van der Waals surface area contributed by atoms with Gasteiger partial charge in [0.25, 0.3) is 0 Å². The smallest absolute Gasteiger partial charge is 0.249 e. The van der Waals surface area contributed by atoms with Gasteiger partial charge in [-0.15, -0.1) is 0 Å². The number of amides is 2. The Morgan fingerprint density at radius 3 is 2.42 bits per heavy atom. The maximum Gasteiger partial charge on any atom is 0.249 e. The van der Waals surface area contributed by atoms with Crippen LogP contribution in [0.2, 0.25) is 5.02 Å². The first-order valence-electron chi connectivity index (χ1n) is 13.8. The zero-order valence-electron chi connectivity index (χ0n) is 23.5. The molecule has 0 saturated carbocycles. The average Bonchev–Trinajstić information content (AvgIpc) is 2.83. The standard InChI is InChI=1S/C30H45ClFN3O3/c1-6-10-35(11-7-2)28(37)23-12-21(5)17-30(18-23,29(33)38)26(27(36)19-34-9-8-20(3)4)15-22-13-24(31)16-25(32)14-22/h12-14,16-17,20,26-27,34,36H,6-11,15,18-19H2,1-5H3,(H2,33,38)/t26-,27+,30?/m1/s1. The normalized spacial score (nSPS) is 19.1. The van der Waals surface area contributed by atoms with Crippen molar-refractivity contribution in [2.24, 2.45) is 23.0 Å². The summed E-state index contributed by atoms with van der Waals surface area (Å²) < 4.78 is 14.2. The molecule has 0 aliphatic heterocycles. The summed E-state index contributed by atoms with van der Waals surface area (Å²) in [6.45, 7) is 12.3. The van der Waals surface area contributed by atoms with Crippen LogP contribution in [0, 0.1) is 23.1 Å². The molecule has 0 radical (unpaired) electrons. The van der Waals surface area contributed by atoms with E-state index in [1.807, 2.05) is 26.8 Å². The summed E-state index contributed by atoms with van der Waals surface area (Å²) in [7, 11) is 0. The highest BCUT2D eigenvalue weighted by Crippen LogP contribution is 2.44. The lowest BCUT2D eigenvalue weighted by molar-refractivity contribution is -0.132. The number of aliphatic hydroxyl groups is 1. The first kappa shape index (κ1) is 32.0. The van der Waals surface area contributed by atoms with Crippen LogP contribution >= 0.6 is 11.6 Å². The minimum atomic E-state index is -1.34. The summed E-state index contributed by atoms with van der Waals surface area (Å²) in [5.41, 5.74) is 6.53. The van der Waals surface area contributed by atoms with Gasteiger partial charge in [0.1, 0.15) is 5.82 Å². The number of hydrogen-bond acceptors (Lipinski definition) is 4. The maximum absolute atomic E-state index is 14.2. The fraction of sp³-hybridized carbons (Fsp3) is 0.600. The van der Waals surface area contributed by atoms with Gasteiger partial charge in [-0.1, -0.05) is 57.0 Å². The fourth-order valence-corrected chi connectivity index (χ4v) is 5.59. The number of aliphatic hydroxyl groups excluding tert-OH is 1. The second kappa shape index (κ2) is 14.8. The van der Waals surface area contributed by atoms with Crippen LogP contribution in [-0.2, 0) is 16.0 Å². The van der Waals surface area contributed by atoms with Gasteiger partial charge in [-0.2, -0.15) is 0 Å². The summed E-state index contributed by atoms with van der Waals surface area (Å²) in [5, 5.41) is 15.0. The predicted molar refractivity (Wildman–Crippen MR) is 152 cm³/mol. The molecular formula is C30H45ClFN3O3. The molecule has 6 nitrogen and oxygen atoms in total. The van der Waals surface area contributed by atoms with E-state index in [-0.39, 0.29) is 30.3 Å². The van der Waals surface area contributed by atoms with Gasteiger partial charge in [0, 0.05) is 36.1 Å². The molecule has 8 heteroatoms. The number of carbonyl (C=O) groups is 2. The molecule has 0 bridgehead atoms. The van der Waals surface area contributed by atoms with E-state index in [1.165, 1.54) is 12.1 Å². The lowest BCUT2D eigenvalue weighted by Gasteiger charge is -2.42. The summed E-state index contributed by atoms with van der Waals surface area (Å²) in [6.07, 6.45) is 5.40. The van der Waals surface area contributed by atoms with Gasteiger partial charge in [-0.25, -0.2) is 4.39 Å². The van der Waals surface area contributed by atoms with Gasteiger partial charge >= 0.3 is 0 Å². The van der Waals surface area contributed by atoms with Gasteiger partial charge in [-0.3, -0.25) is 9.59 Å². The third-order valence-corrected chi connectivity index (χ3v) is 7.35. The molecule has 3 atom stereocenters. The Kier molecular flexibility index (Phi) is 12.5. The van der Waals surface area contributed by atoms with E-state index in [0.29, 0.717) is 36.7 Å². The first-order valence-corrected chi connectivity index (χ1v) is 14.1. The number of nitrogens with one attached hydrogen (secondary N) is 1. The molecular weight excluding hydrogens is 505 g/mol. The van der Waals surface area contributed by atoms with Crippen molar-refractivity contribution in [3.63, 3.8) is 0 Å². The molecule has 4 N–H and O–H groups in total. The fourth-order valence-electron chi connectivity index (χ4n) is 5.34. The van der Waals surface area contributed by atoms with Crippen LogP contribution in [0.3, 0.4) is 0 Å². The largest absolute Gasteiger partial charge is 0.391 e. The molecule has 0 saturated heterocycles. The van der Waals surface area contributed by atoms with Crippen molar-refractivity contribution in [2.75, 3.05) is 26.2 Å². The molecule has 1 aliphatic carbocycles. The van der Waals surface area contributed by atoms with Crippen molar-refractivity contribution in [1.82, 2.24) is 10.2 Å². The van der Waals surface area contributed by atoms with Gasteiger partial charge in [0.2, 0.25) is 11.8 Å². The first-order chi connectivity index (χ1) is 17.9. The Balaban J connectivity index is 2.50. The summed E-state index contributed by atoms with van der Waals surface area (Å²) in [4.78, 5) is 28.7. The maximum atomic E-state index is 14.2. The highest BCUT2D eigenvalue weighted by Gasteiger charge is 2.48. The number of nitrogens with two attached hydrogens (primary N) is 1. The number of benzene rings is 1. The van der Waals surface area contributed by atoms with Crippen LogP contribution in [0.5, 0.6) is 0 Å². The zero-order valence-corrected chi connectivity index (χ0v) is 24.3. The summed E-state index contributed by atoms with van der Waals surface area (Å²) >= 11 is 6.13. The second-order valence-corrected chi connectivity index (χ2v) is 11.4. The number of rotatable bonds is 15. The number of primary amides is 1. The number of carbonyl (C=O) groups excluding carboxylic acids is 2. The van der Waals surface area contributed by atoms with E-state index < -0.39 is 29.2 Å². The summed E-state index contributed by atoms with van der Waals surface area (Å²) in [5.74, 6) is -1.46. The van der Waals surface area contributed by atoms with Gasteiger partial charge in [0.05, 0.1) is 11.5 Å². The van der Waals surface area contributed by atoms with E-state index in [0.717, 1.165) is 24.8 Å². The minimum absolute atomic E-state index is 0.0687. The van der Waals surface area contributed by atoms with Crippen LogP contribution in [0.4, 0.5) is 4.39 Å². The van der Waals surface area contributed by atoms with Crippen molar-refractivity contribution in [1.29, 1.82) is 0 Å².